The van der Waals surface area contributed by atoms with Crippen molar-refractivity contribution in [3.63, 3.8) is 0 Å². The van der Waals surface area contributed by atoms with Crippen LogP contribution in [0.3, 0.4) is 0 Å². The van der Waals surface area contributed by atoms with Crippen LogP contribution in [-0.2, 0) is 4.74 Å². The van der Waals surface area contributed by atoms with Crippen LogP contribution in [-0.4, -0.2) is 33.8 Å². The Hall–Kier alpha value is -1.91. The van der Waals surface area contributed by atoms with E-state index in [-0.39, 0.29) is 5.90 Å². The third kappa shape index (κ3) is 2.61. The van der Waals surface area contributed by atoms with E-state index in [4.69, 9.17) is 24.4 Å². The minimum atomic E-state index is 0.0466. The molecule has 0 spiro atoms. The topological polar surface area (TPSA) is 60.8 Å². The Balaban J connectivity index is 3.27. The Kier molecular flexibility index (Phi) is 4.63. The zero-order valence-electron chi connectivity index (χ0n) is 10.5. The molecule has 0 saturated heterocycles. The Morgan fingerprint density at radius 3 is 2.18 bits per heavy atom. The average Bonchev–Trinajstić information content (AvgIpc) is 2.36. The van der Waals surface area contributed by atoms with E-state index < -0.39 is 0 Å². The summed E-state index contributed by atoms with van der Waals surface area (Å²) in [5, 5.41) is 7.77. The SMILES string of the molecule is CCOC(=N)c1ccc(OC)c(OC)c1OC. The van der Waals surface area contributed by atoms with Crippen LogP contribution >= 0.6 is 0 Å². The fourth-order valence-electron chi connectivity index (χ4n) is 1.50. The standard InChI is InChI=1S/C12H17NO4/c1-5-17-12(13)8-6-7-9(14-2)11(16-4)10(8)15-3/h6-7,13H,5H2,1-4H3. The summed E-state index contributed by atoms with van der Waals surface area (Å²) in [6, 6.07) is 3.42. The number of rotatable bonds is 5. The summed E-state index contributed by atoms with van der Waals surface area (Å²) in [6.45, 7) is 2.25. The smallest absolute Gasteiger partial charge is 0.217 e. The van der Waals surface area contributed by atoms with Gasteiger partial charge in [0.05, 0.1) is 33.5 Å². The van der Waals surface area contributed by atoms with Crippen molar-refractivity contribution >= 4 is 5.90 Å². The summed E-state index contributed by atoms with van der Waals surface area (Å²) in [5.74, 6) is 1.49. The summed E-state index contributed by atoms with van der Waals surface area (Å²) in [7, 11) is 4.58. The van der Waals surface area contributed by atoms with Gasteiger partial charge in [0.25, 0.3) is 0 Å². The van der Waals surface area contributed by atoms with Gasteiger partial charge < -0.3 is 18.9 Å². The number of methoxy groups -OCH3 is 3. The molecule has 0 radical (unpaired) electrons. The molecule has 1 aromatic carbocycles. The van der Waals surface area contributed by atoms with E-state index in [1.165, 1.54) is 14.2 Å². The van der Waals surface area contributed by atoms with Crippen molar-refractivity contribution in [1.82, 2.24) is 0 Å². The van der Waals surface area contributed by atoms with E-state index >= 15 is 0 Å². The largest absolute Gasteiger partial charge is 0.493 e. The van der Waals surface area contributed by atoms with Crippen molar-refractivity contribution < 1.29 is 18.9 Å². The zero-order valence-corrected chi connectivity index (χ0v) is 10.5. The third-order valence-corrected chi connectivity index (χ3v) is 2.24. The first-order valence-electron chi connectivity index (χ1n) is 5.20. The summed E-state index contributed by atoms with van der Waals surface area (Å²) in [6.07, 6.45) is 0. The van der Waals surface area contributed by atoms with Crippen molar-refractivity contribution in [2.24, 2.45) is 0 Å². The Bertz CT molecular complexity index is 404. The van der Waals surface area contributed by atoms with Gasteiger partial charge in [0.15, 0.2) is 11.5 Å². The first-order valence-corrected chi connectivity index (χ1v) is 5.20. The quantitative estimate of drug-likeness (QED) is 0.631. The molecule has 0 amide bonds. The predicted octanol–water partition coefficient (Wildman–Crippen LogP) is 2.07. The molecule has 0 unspecified atom stereocenters. The molecule has 1 rings (SSSR count). The zero-order chi connectivity index (χ0) is 12.8. The molecule has 0 saturated carbocycles. The molecule has 0 aromatic heterocycles. The molecule has 0 atom stereocenters. The van der Waals surface area contributed by atoms with Crippen LogP contribution < -0.4 is 14.2 Å². The lowest BCUT2D eigenvalue weighted by atomic mass is 10.1. The number of ether oxygens (including phenoxy) is 4. The Labute approximate surface area is 101 Å². The summed E-state index contributed by atoms with van der Waals surface area (Å²) < 4.78 is 20.8. The van der Waals surface area contributed by atoms with E-state index in [2.05, 4.69) is 0 Å². The van der Waals surface area contributed by atoms with E-state index in [0.29, 0.717) is 29.4 Å². The highest BCUT2D eigenvalue weighted by Gasteiger charge is 2.19. The molecule has 1 aromatic rings. The van der Waals surface area contributed by atoms with Crippen molar-refractivity contribution in [1.29, 1.82) is 5.41 Å². The van der Waals surface area contributed by atoms with Gasteiger partial charge in [0.2, 0.25) is 11.6 Å². The van der Waals surface area contributed by atoms with E-state index in [1.54, 1.807) is 19.2 Å². The van der Waals surface area contributed by atoms with Crippen molar-refractivity contribution in [2.75, 3.05) is 27.9 Å². The molecule has 0 heterocycles. The maximum absolute atomic E-state index is 7.77. The lowest BCUT2D eigenvalue weighted by molar-refractivity contribution is 0.312. The fourth-order valence-corrected chi connectivity index (χ4v) is 1.50. The number of hydrogen-bond acceptors (Lipinski definition) is 5. The summed E-state index contributed by atoms with van der Waals surface area (Å²) >= 11 is 0. The van der Waals surface area contributed by atoms with Gasteiger partial charge in [-0.2, -0.15) is 0 Å². The fraction of sp³-hybridized carbons (Fsp3) is 0.417. The van der Waals surface area contributed by atoms with Gasteiger partial charge in [0.1, 0.15) is 0 Å². The van der Waals surface area contributed by atoms with Gasteiger partial charge in [-0.05, 0) is 19.1 Å². The molecule has 5 nitrogen and oxygen atoms in total. The van der Waals surface area contributed by atoms with Gasteiger partial charge in [-0.3, -0.25) is 5.41 Å². The molecule has 17 heavy (non-hydrogen) atoms. The second kappa shape index (κ2) is 5.98. The normalized spacial score (nSPS) is 9.65. The van der Waals surface area contributed by atoms with Crippen LogP contribution in [0.5, 0.6) is 17.2 Å². The van der Waals surface area contributed by atoms with E-state index in [9.17, 15) is 0 Å². The number of benzene rings is 1. The number of hydrogen-bond donors (Lipinski definition) is 1. The average molecular weight is 239 g/mol. The monoisotopic (exact) mass is 239 g/mol. The van der Waals surface area contributed by atoms with Gasteiger partial charge >= 0.3 is 0 Å². The van der Waals surface area contributed by atoms with Crippen LogP contribution in [0.2, 0.25) is 0 Å². The highest BCUT2D eigenvalue weighted by molar-refractivity contribution is 5.96. The molecule has 0 aliphatic carbocycles. The summed E-state index contributed by atoms with van der Waals surface area (Å²) in [4.78, 5) is 0. The second-order valence-corrected chi connectivity index (χ2v) is 3.14. The highest BCUT2D eigenvalue weighted by Crippen LogP contribution is 2.39. The second-order valence-electron chi connectivity index (χ2n) is 3.14. The van der Waals surface area contributed by atoms with E-state index in [1.807, 2.05) is 6.92 Å². The summed E-state index contributed by atoms with van der Waals surface area (Å²) in [5.41, 5.74) is 0.534. The van der Waals surface area contributed by atoms with Crippen molar-refractivity contribution in [3.05, 3.63) is 17.7 Å². The van der Waals surface area contributed by atoms with Crippen molar-refractivity contribution in [2.45, 2.75) is 6.92 Å². The Morgan fingerprint density at radius 1 is 1.06 bits per heavy atom. The molecule has 1 N–H and O–H groups in total. The van der Waals surface area contributed by atoms with Gasteiger partial charge in [-0.1, -0.05) is 0 Å². The Morgan fingerprint density at radius 2 is 1.71 bits per heavy atom. The molecule has 0 fully saturated rings. The highest BCUT2D eigenvalue weighted by atomic mass is 16.5. The lowest BCUT2D eigenvalue weighted by Gasteiger charge is -2.15. The first kappa shape index (κ1) is 13.2. The van der Waals surface area contributed by atoms with Crippen LogP contribution in [0.15, 0.2) is 12.1 Å². The predicted molar refractivity (Wildman–Crippen MR) is 64.6 cm³/mol. The van der Waals surface area contributed by atoms with Crippen LogP contribution in [0.25, 0.3) is 0 Å². The first-order chi connectivity index (χ1) is 8.19. The molecule has 94 valence electrons. The minimum absolute atomic E-state index is 0.0466. The van der Waals surface area contributed by atoms with Crippen LogP contribution in [0, 0.1) is 5.41 Å². The van der Waals surface area contributed by atoms with Crippen molar-refractivity contribution in [3.8, 4) is 17.2 Å². The molecule has 0 aliphatic heterocycles. The van der Waals surface area contributed by atoms with Gasteiger partial charge in [0, 0.05) is 0 Å². The van der Waals surface area contributed by atoms with Gasteiger partial charge in [-0.15, -0.1) is 0 Å². The minimum Gasteiger partial charge on any atom is -0.493 e. The van der Waals surface area contributed by atoms with Crippen LogP contribution in [0.4, 0.5) is 0 Å². The lowest BCUT2D eigenvalue weighted by Crippen LogP contribution is -2.08. The van der Waals surface area contributed by atoms with Gasteiger partial charge in [-0.25, -0.2) is 0 Å². The molecule has 0 aliphatic rings. The molecule has 5 heteroatoms. The molecular weight excluding hydrogens is 222 g/mol. The number of nitrogens with one attached hydrogen (secondary N) is 1. The molecule has 0 bridgehead atoms. The maximum atomic E-state index is 7.77. The van der Waals surface area contributed by atoms with Crippen LogP contribution in [0.1, 0.15) is 12.5 Å². The maximum Gasteiger partial charge on any atom is 0.217 e. The molecular formula is C12H17NO4. The third-order valence-electron chi connectivity index (χ3n) is 2.24. The van der Waals surface area contributed by atoms with E-state index in [0.717, 1.165) is 0 Å².